The number of likely N-dealkylation sites (N-methyl/N-ethyl adjacent to an activating group) is 1. The molecular formula is C28H37N5O4. The first kappa shape index (κ1) is 26.3. The van der Waals surface area contributed by atoms with E-state index < -0.39 is 5.54 Å². The summed E-state index contributed by atoms with van der Waals surface area (Å²) >= 11 is 0. The number of anilines is 2. The molecule has 4 amide bonds. The number of amides is 4. The van der Waals surface area contributed by atoms with Gasteiger partial charge in [0.05, 0.1) is 19.0 Å². The van der Waals surface area contributed by atoms with E-state index in [0.29, 0.717) is 63.7 Å². The van der Waals surface area contributed by atoms with E-state index in [0.717, 1.165) is 5.69 Å². The summed E-state index contributed by atoms with van der Waals surface area (Å²) in [6, 6.07) is 17.0. The number of carbonyl (C=O) groups is 3. The molecule has 2 heterocycles. The van der Waals surface area contributed by atoms with Gasteiger partial charge in [-0.3, -0.25) is 9.59 Å². The van der Waals surface area contributed by atoms with Crippen LogP contribution in [0.5, 0.6) is 5.75 Å². The Hall–Kier alpha value is -3.75. The molecule has 9 heteroatoms. The summed E-state index contributed by atoms with van der Waals surface area (Å²) in [5, 5.41) is 2.96. The van der Waals surface area contributed by atoms with Crippen molar-refractivity contribution in [1.29, 1.82) is 0 Å². The van der Waals surface area contributed by atoms with E-state index in [1.165, 1.54) is 0 Å². The maximum absolute atomic E-state index is 13.9. The van der Waals surface area contributed by atoms with Crippen LogP contribution in [0.3, 0.4) is 0 Å². The molecule has 2 aromatic carbocycles. The molecule has 0 radical (unpaired) electrons. The van der Waals surface area contributed by atoms with Crippen LogP contribution in [-0.4, -0.2) is 84.1 Å². The number of ether oxygens (including phenoxy) is 1. The summed E-state index contributed by atoms with van der Waals surface area (Å²) in [6.45, 7) is 8.78. The molecule has 0 atom stereocenters. The lowest BCUT2D eigenvalue weighted by Gasteiger charge is -2.43. The van der Waals surface area contributed by atoms with E-state index in [1.54, 1.807) is 14.7 Å². The normalized spacial score (nSPS) is 16.7. The fraction of sp³-hybridized carbons (Fsp3) is 0.464. The number of hydrogen-bond donors (Lipinski definition) is 1. The van der Waals surface area contributed by atoms with Crippen molar-refractivity contribution in [2.24, 2.45) is 0 Å². The maximum atomic E-state index is 13.9. The molecular weight excluding hydrogens is 470 g/mol. The highest BCUT2D eigenvalue weighted by Gasteiger charge is 2.54. The first-order valence-electron chi connectivity index (χ1n) is 13.1. The van der Waals surface area contributed by atoms with Gasteiger partial charge in [0.25, 0.3) is 5.91 Å². The quantitative estimate of drug-likeness (QED) is 0.590. The molecule has 37 heavy (non-hydrogen) atoms. The van der Waals surface area contributed by atoms with Gasteiger partial charge >= 0.3 is 6.03 Å². The minimum absolute atomic E-state index is 0.0430. The summed E-state index contributed by atoms with van der Waals surface area (Å²) < 4.78 is 5.63. The zero-order valence-electron chi connectivity index (χ0n) is 22.0. The lowest BCUT2D eigenvalue weighted by Crippen LogP contribution is -2.58. The van der Waals surface area contributed by atoms with Crippen LogP contribution in [0.4, 0.5) is 16.2 Å². The monoisotopic (exact) mass is 507 g/mol. The number of hydrogen-bond acceptors (Lipinski definition) is 5. The number of nitrogens with zero attached hydrogens (tertiary/aromatic N) is 4. The molecule has 198 valence electrons. The fourth-order valence-electron chi connectivity index (χ4n) is 5.29. The molecule has 1 N–H and O–H groups in total. The van der Waals surface area contributed by atoms with Crippen LogP contribution in [0.1, 0.15) is 33.6 Å². The van der Waals surface area contributed by atoms with Crippen LogP contribution < -0.4 is 15.0 Å². The van der Waals surface area contributed by atoms with Gasteiger partial charge in [0.15, 0.2) is 0 Å². The highest BCUT2D eigenvalue weighted by Crippen LogP contribution is 2.39. The molecule has 0 bridgehead atoms. The van der Waals surface area contributed by atoms with Crippen molar-refractivity contribution in [1.82, 2.24) is 14.7 Å². The number of piperidine rings is 1. The Morgan fingerprint density at radius 1 is 0.973 bits per heavy atom. The number of para-hydroxylation sites is 3. The zero-order valence-corrected chi connectivity index (χ0v) is 22.0. The number of urea groups is 1. The number of carbonyl (C=O) groups excluding carboxylic acids is 3. The van der Waals surface area contributed by atoms with Crippen molar-refractivity contribution in [3.05, 3.63) is 54.6 Å². The zero-order chi connectivity index (χ0) is 26.4. The molecule has 0 aromatic heterocycles. The minimum Gasteiger partial charge on any atom is -0.492 e. The van der Waals surface area contributed by atoms with Gasteiger partial charge in [-0.05, 0) is 57.9 Å². The van der Waals surface area contributed by atoms with Gasteiger partial charge in [-0.25, -0.2) is 4.79 Å². The minimum atomic E-state index is -0.787. The molecule has 4 rings (SSSR count). The van der Waals surface area contributed by atoms with Crippen LogP contribution in [0, 0.1) is 0 Å². The Bertz CT molecular complexity index is 1100. The van der Waals surface area contributed by atoms with Crippen LogP contribution in [-0.2, 0) is 9.59 Å². The van der Waals surface area contributed by atoms with Crippen LogP contribution >= 0.6 is 0 Å². The topological polar surface area (TPSA) is 85.4 Å². The van der Waals surface area contributed by atoms with Crippen LogP contribution in [0.2, 0.25) is 0 Å². The molecule has 9 nitrogen and oxygen atoms in total. The van der Waals surface area contributed by atoms with E-state index in [9.17, 15) is 14.4 Å². The van der Waals surface area contributed by atoms with Gasteiger partial charge in [0, 0.05) is 31.9 Å². The van der Waals surface area contributed by atoms with E-state index in [1.807, 2.05) is 75.4 Å². The molecule has 2 aliphatic rings. The molecule has 1 spiro atoms. The smallest absolute Gasteiger partial charge is 0.321 e. The predicted molar refractivity (Wildman–Crippen MR) is 144 cm³/mol. The molecule has 2 saturated heterocycles. The van der Waals surface area contributed by atoms with Crippen molar-refractivity contribution >= 4 is 29.2 Å². The second kappa shape index (κ2) is 11.5. The third-order valence-electron chi connectivity index (χ3n) is 7.33. The van der Waals surface area contributed by atoms with Crippen molar-refractivity contribution in [3.63, 3.8) is 0 Å². The van der Waals surface area contributed by atoms with Gasteiger partial charge in [-0.15, -0.1) is 0 Å². The standard InChI is InChI=1S/C28H37N5O4/c1-4-30(5-2)25(34)20-32-21-33(22-12-8-7-9-13-22)28(26(32)35)16-18-31(19-17-28)27(36)29-23-14-10-11-15-24(23)37-6-3/h7-15H,4-6,16-21H2,1-3H3,(H,29,36). The van der Waals surface area contributed by atoms with Gasteiger partial charge in [0.2, 0.25) is 5.91 Å². The van der Waals surface area contributed by atoms with E-state index >= 15 is 0 Å². The van der Waals surface area contributed by atoms with Gasteiger partial charge in [0.1, 0.15) is 17.8 Å². The van der Waals surface area contributed by atoms with Crippen molar-refractivity contribution < 1.29 is 19.1 Å². The maximum Gasteiger partial charge on any atom is 0.321 e. The Morgan fingerprint density at radius 2 is 1.62 bits per heavy atom. The molecule has 0 aliphatic carbocycles. The first-order chi connectivity index (χ1) is 17.9. The van der Waals surface area contributed by atoms with Crippen LogP contribution in [0.15, 0.2) is 54.6 Å². The Balaban J connectivity index is 1.50. The Kier molecular flexibility index (Phi) is 8.21. The average Bonchev–Trinajstić information content (AvgIpc) is 3.17. The Morgan fingerprint density at radius 3 is 2.27 bits per heavy atom. The number of nitrogens with one attached hydrogen (secondary N) is 1. The van der Waals surface area contributed by atoms with Gasteiger partial charge < -0.3 is 29.7 Å². The largest absolute Gasteiger partial charge is 0.492 e. The molecule has 0 unspecified atom stereocenters. The van der Waals surface area contributed by atoms with Crippen LogP contribution in [0.25, 0.3) is 0 Å². The summed E-state index contributed by atoms with van der Waals surface area (Å²) in [7, 11) is 0. The third-order valence-corrected chi connectivity index (χ3v) is 7.33. The van der Waals surface area contributed by atoms with Gasteiger partial charge in [-0.2, -0.15) is 0 Å². The Labute approximate surface area is 219 Å². The number of benzene rings is 2. The summed E-state index contributed by atoms with van der Waals surface area (Å²) in [5.41, 5.74) is 0.779. The highest BCUT2D eigenvalue weighted by molar-refractivity contribution is 5.97. The number of likely N-dealkylation sites (tertiary alicyclic amines) is 1. The summed E-state index contributed by atoms with van der Waals surface area (Å²) in [5.74, 6) is 0.536. The second-order valence-corrected chi connectivity index (χ2v) is 9.35. The third kappa shape index (κ3) is 5.35. The molecule has 2 aliphatic heterocycles. The predicted octanol–water partition coefficient (Wildman–Crippen LogP) is 3.63. The second-order valence-electron chi connectivity index (χ2n) is 9.35. The average molecular weight is 508 g/mol. The van der Waals surface area contributed by atoms with E-state index in [-0.39, 0.29) is 24.4 Å². The summed E-state index contributed by atoms with van der Waals surface area (Å²) in [4.78, 5) is 47.1. The highest BCUT2D eigenvalue weighted by atomic mass is 16.5. The molecule has 0 saturated carbocycles. The van der Waals surface area contributed by atoms with Crippen molar-refractivity contribution in [2.45, 2.75) is 39.2 Å². The fourth-order valence-corrected chi connectivity index (χ4v) is 5.29. The molecule has 2 aromatic rings. The SMILES string of the molecule is CCOc1ccccc1NC(=O)N1CCC2(CC1)C(=O)N(CC(=O)N(CC)CC)CN2c1ccccc1. The van der Waals surface area contributed by atoms with E-state index in [2.05, 4.69) is 10.2 Å². The lowest BCUT2D eigenvalue weighted by atomic mass is 9.85. The lowest BCUT2D eigenvalue weighted by molar-refractivity contribution is -0.140. The van der Waals surface area contributed by atoms with E-state index in [4.69, 9.17) is 4.74 Å². The van der Waals surface area contributed by atoms with Crippen molar-refractivity contribution in [3.8, 4) is 5.75 Å². The first-order valence-corrected chi connectivity index (χ1v) is 13.1. The van der Waals surface area contributed by atoms with Gasteiger partial charge in [-0.1, -0.05) is 30.3 Å². The summed E-state index contributed by atoms with van der Waals surface area (Å²) in [6.07, 6.45) is 0.967. The number of rotatable bonds is 8. The van der Waals surface area contributed by atoms with Crippen molar-refractivity contribution in [2.75, 3.05) is 56.2 Å². The molecule has 2 fully saturated rings.